The van der Waals surface area contributed by atoms with Crippen LogP contribution in [-0.2, 0) is 19.1 Å². The van der Waals surface area contributed by atoms with Gasteiger partial charge in [0.2, 0.25) is 0 Å². The summed E-state index contributed by atoms with van der Waals surface area (Å²) < 4.78 is 16.1. The second-order valence-electron chi connectivity index (χ2n) is 7.02. The number of hydrogen-bond donors (Lipinski definition) is 0. The molecule has 1 amide bonds. The molecule has 0 N–H and O–H groups in total. The molecule has 1 aliphatic heterocycles. The molecule has 7 heteroatoms. The lowest BCUT2D eigenvalue weighted by atomic mass is 10.1. The van der Waals surface area contributed by atoms with Gasteiger partial charge in [0.25, 0.3) is 5.91 Å². The monoisotopic (exact) mass is 417 g/mol. The highest BCUT2D eigenvalue weighted by molar-refractivity contribution is 6.32. The lowest BCUT2D eigenvalue weighted by molar-refractivity contribution is -0.158. The second kappa shape index (κ2) is 9.76. The Morgan fingerprint density at radius 3 is 2.38 bits per heavy atom. The van der Waals surface area contributed by atoms with Crippen molar-refractivity contribution in [2.75, 3.05) is 26.3 Å². The average molecular weight is 418 g/mol. The van der Waals surface area contributed by atoms with Crippen molar-refractivity contribution in [3.63, 3.8) is 0 Å². The molecular weight excluding hydrogens is 394 g/mol. The molecule has 154 valence electrons. The lowest BCUT2D eigenvalue weighted by Gasteiger charge is -2.35. The van der Waals surface area contributed by atoms with Crippen molar-refractivity contribution in [3.8, 4) is 16.9 Å². The van der Waals surface area contributed by atoms with Crippen LogP contribution < -0.4 is 4.74 Å². The number of carbonyl (C=O) groups is 2. The molecule has 1 aliphatic rings. The number of hydrogen-bond acceptors (Lipinski definition) is 5. The minimum atomic E-state index is -0.629. The zero-order chi connectivity index (χ0) is 20.8. The fourth-order valence-corrected chi connectivity index (χ4v) is 3.46. The summed E-state index contributed by atoms with van der Waals surface area (Å²) in [6, 6.07) is 15.2. The van der Waals surface area contributed by atoms with Crippen LogP contribution in [0.25, 0.3) is 11.1 Å². The molecule has 1 saturated heterocycles. The Labute approximate surface area is 175 Å². The molecule has 6 nitrogen and oxygen atoms in total. The molecule has 0 aromatic heterocycles. The summed E-state index contributed by atoms with van der Waals surface area (Å²) in [6.45, 7) is 4.14. The smallest absolute Gasteiger partial charge is 0.344 e. The molecule has 0 bridgehead atoms. The summed E-state index contributed by atoms with van der Waals surface area (Å²) in [7, 11) is 0. The van der Waals surface area contributed by atoms with E-state index in [1.165, 1.54) is 0 Å². The van der Waals surface area contributed by atoms with Crippen LogP contribution in [0.5, 0.6) is 5.75 Å². The van der Waals surface area contributed by atoms with E-state index in [1.807, 2.05) is 50.2 Å². The third-order valence-electron chi connectivity index (χ3n) is 4.51. The van der Waals surface area contributed by atoms with Crippen LogP contribution in [0.4, 0.5) is 0 Å². The number of ether oxygens (including phenoxy) is 3. The van der Waals surface area contributed by atoms with Crippen molar-refractivity contribution in [1.82, 2.24) is 4.90 Å². The quantitative estimate of drug-likeness (QED) is 0.672. The second-order valence-corrected chi connectivity index (χ2v) is 7.42. The predicted molar refractivity (Wildman–Crippen MR) is 110 cm³/mol. The summed E-state index contributed by atoms with van der Waals surface area (Å²) in [5.74, 6) is -0.494. The van der Waals surface area contributed by atoms with Gasteiger partial charge < -0.3 is 19.1 Å². The van der Waals surface area contributed by atoms with E-state index in [1.54, 1.807) is 17.0 Å². The normalized spacial score (nSPS) is 18.9. The number of halogens is 1. The molecule has 2 aromatic carbocycles. The van der Waals surface area contributed by atoms with E-state index in [2.05, 4.69) is 0 Å². The maximum absolute atomic E-state index is 12.2. The standard InChI is InChI=1S/C22H24ClNO5/c1-15-11-24(12-16(2)29-15)21(25)13-28-22(26)14-27-20-9-8-18(10-19(20)23)17-6-4-3-5-7-17/h3-10,15-16H,11-14H2,1-2H3/t15-,16+. The molecule has 0 unspecified atom stereocenters. The Morgan fingerprint density at radius 2 is 1.72 bits per heavy atom. The zero-order valence-electron chi connectivity index (χ0n) is 16.5. The van der Waals surface area contributed by atoms with E-state index in [4.69, 9.17) is 25.8 Å². The van der Waals surface area contributed by atoms with Crippen LogP contribution in [0.15, 0.2) is 48.5 Å². The van der Waals surface area contributed by atoms with Crippen LogP contribution >= 0.6 is 11.6 Å². The Morgan fingerprint density at radius 1 is 1.03 bits per heavy atom. The van der Waals surface area contributed by atoms with E-state index >= 15 is 0 Å². The molecular formula is C22H24ClNO5. The first-order chi connectivity index (χ1) is 13.9. The van der Waals surface area contributed by atoms with E-state index in [0.717, 1.165) is 11.1 Å². The number of benzene rings is 2. The Kier molecular flexibility index (Phi) is 7.12. The molecule has 0 aliphatic carbocycles. The zero-order valence-corrected chi connectivity index (χ0v) is 17.2. The third kappa shape index (κ3) is 5.95. The van der Waals surface area contributed by atoms with Gasteiger partial charge in [-0.15, -0.1) is 0 Å². The molecule has 2 atom stereocenters. The first-order valence-corrected chi connectivity index (χ1v) is 9.87. The maximum Gasteiger partial charge on any atom is 0.344 e. The van der Waals surface area contributed by atoms with Gasteiger partial charge in [0.1, 0.15) is 5.75 Å². The number of nitrogens with zero attached hydrogens (tertiary/aromatic N) is 1. The summed E-state index contributed by atoms with van der Waals surface area (Å²) >= 11 is 6.27. The van der Waals surface area contributed by atoms with Crippen molar-refractivity contribution in [3.05, 3.63) is 53.6 Å². The largest absolute Gasteiger partial charge is 0.480 e. The van der Waals surface area contributed by atoms with E-state index in [-0.39, 0.29) is 31.3 Å². The first kappa shape index (κ1) is 21.1. The fourth-order valence-electron chi connectivity index (χ4n) is 3.22. The summed E-state index contributed by atoms with van der Waals surface area (Å²) in [4.78, 5) is 25.8. The van der Waals surface area contributed by atoms with E-state index in [9.17, 15) is 9.59 Å². The molecule has 3 rings (SSSR count). The molecule has 0 radical (unpaired) electrons. The highest BCUT2D eigenvalue weighted by Crippen LogP contribution is 2.30. The molecule has 29 heavy (non-hydrogen) atoms. The highest BCUT2D eigenvalue weighted by Gasteiger charge is 2.26. The number of carbonyl (C=O) groups excluding carboxylic acids is 2. The van der Waals surface area contributed by atoms with Crippen molar-refractivity contribution in [1.29, 1.82) is 0 Å². The van der Waals surface area contributed by atoms with Gasteiger partial charge in [-0.2, -0.15) is 0 Å². The molecule has 1 fully saturated rings. The minimum absolute atomic E-state index is 0.0391. The SMILES string of the molecule is C[C@@H]1CN(C(=O)COC(=O)COc2ccc(-c3ccccc3)cc2Cl)C[C@H](C)O1. The molecule has 0 spiro atoms. The predicted octanol–water partition coefficient (Wildman–Crippen LogP) is 3.56. The number of amides is 1. The van der Waals surface area contributed by atoms with Crippen molar-refractivity contribution in [2.24, 2.45) is 0 Å². The highest BCUT2D eigenvalue weighted by atomic mass is 35.5. The maximum atomic E-state index is 12.2. The Bertz CT molecular complexity index is 848. The average Bonchev–Trinajstić information content (AvgIpc) is 2.71. The number of esters is 1. The summed E-state index contributed by atoms with van der Waals surface area (Å²) in [5.41, 5.74) is 1.98. The molecule has 1 heterocycles. The van der Waals surface area contributed by atoms with Crippen LogP contribution in [0.3, 0.4) is 0 Å². The fraction of sp³-hybridized carbons (Fsp3) is 0.364. The number of rotatable bonds is 6. The molecule has 2 aromatic rings. The van der Waals surface area contributed by atoms with Crippen LogP contribution in [0.2, 0.25) is 5.02 Å². The van der Waals surface area contributed by atoms with Gasteiger partial charge in [-0.1, -0.05) is 48.0 Å². The van der Waals surface area contributed by atoms with Gasteiger partial charge >= 0.3 is 5.97 Å². The van der Waals surface area contributed by atoms with E-state index < -0.39 is 5.97 Å². The molecule has 0 saturated carbocycles. The van der Waals surface area contributed by atoms with Gasteiger partial charge in [-0.05, 0) is 37.1 Å². The summed E-state index contributed by atoms with van der Waals surface area (Å²) in [6.07, 6.45) is -0.0783. The first-order valence-electron chi connectivity index (χ1n) is 9.49. The van der Waals surface area contributed by atoms with Gasteiger partial charge in [-0.3, -0.25) is 4.79 Å². The van der Waals surface area contributed by atoms with Crippen molar-refractivity contribution >= 4 is 23.5 Å². The number of morpholine rings is 1. The van der Waals surface area contributed by atoms with Crippen molar-refractivity contribution in [2.45, 2.75) is 26.1 Å². The Hall–Kier alpha value is -2.57. The van der Waals surface area contributed by atoms with Gasteiger partial charge in [-0.25, -0.2) is 4.79 Å². The van der Waals surface area contributed by atoms with Gasteiger partial charge in [0, 0.05) is 13.1 Å². The van der Waals surface area contributed by atoms with Gasteiger partial charge in [0.15, 0.2) is 13.2 Å². The van der Waals surface area contributed by atoms with Crippen LogP contribution in [0.1, 0.15) is 13.8 Å². The lowest BCUT2D eigenvalue weighted by Crippen LogP contribution is -2.49. The third-order valence-corrected chi connectivity index (χ3v) is 4.81. The van der Waals surface area contributed by atoms with Gasteiger partial charge in [0.05, 0.1) is 17.2 Å². The summed E-state index contributed by atoms with van der Waals surface area (Å²) in [5, 5.41) is 0.395. The van der Waals surface area contributed by atoms with E-state index in [0.29, 0.717) is 23.9 Å². The van der Waals surface area contributed by atoms with Crippen LogP contribution in [-0.4, -0.2) is 55.3 Å². The van der Waals surface area contributed by atoms with Crippen molar-refractivity contribution < 1.29 is 23.8 Å². The van der Waals surface area contributed by atoms with Crippen LogP contribution in [0, 0.1) is 0 Å². The minimum Gasteiger partial charge on any atom is -0.480 e. The topological polar surface area (TPSA) is 65.1 Å². The Balaban J connectivity index is 1.47.